The second-order valence-electron chi connectivity index (χ2n) is 5.62. The minimum absolute atomic E-state index is 0.861. The monoisotopic (exact) mass is 477 g/mol. The number of alkyl halides is 3. The molecule has 0 spiro atoms. The molecular formula is C15H18Cl3NO10. The second kappa shape index (κ2) is 10.3. The van der Waals surface area contributed by atoms with E-state index in [4.69, 9.17) is 63.9 Å². The molecule has 1 heterocycles. The lowest BCUT2D eigenvalue weighted by atomic mass is 9.97. The van der Waals surface area contributed by atoms with Gasteiger partial charge in [-0.25, -0.2) is 4.79 Å². The van der Waals surface area contributed by atoms with Gasteiger partial charge in [0.15, 0.2) is 18.3 Å². The topological polar surface area (TPSA) is 148 Å². The molecule has 5 atom stereocenters. The maximum atomic E-state index is 12.2. The van der Waals surface area contributed by atoms with Gasteiger partial charge in [-0.3, -0.25) is 19.8 Å². The number of carbonyl (C=O) groups is 4. The Morgan fingerprint density at radius 1 is 0.828 bits per heavy atom. The van der Waals surface area contributed by atoms with Gasteiger partial charge in [0.05, 0.1) is 7.11 Å². The van der Waals surface area contributed by atoms with Gasteiger partial charge >= 0.3 is 23.9 Å². The van der Waals surface area contributed by atoms with Crippen molar-refractivity contribution in [2.24, 2.45) is 0 Å². The third-order valence-corrected chi connectivity index (χ3v) is 3.84. The van der Waals surface area contributed by atoms with Crippen LogP contribution < -0.4 is 0 Å². The van der Waals surface area contributed by atoms with E-state index in [1.165, 1.54) is 0 Å². The minimum Gasteiger partial charge on any atom is -0.467 e. The Kier molecular flexibility index (Phi) is 8.94. The zero-order chi connectivity index (χ0) is 22.5. The fourth-order valence-corrected chi connectivity index (χ4v) is 2.49. The Morgan fingerprint density at radius 2 is 1.28 bits per heavy atom. The van der Waals surface area contributed by atoms with Gasteiger partial charge in [0.25, 0.3) is 3.79 Å². The molecule has 1 aliphatic heterocycles. The molecular weight excluding hydrogens is 461 g/mol. The number of esters is 4. The summed E-state index contributed by atoms with van der Waals surface area (Å²) in [5.74, 6) is -4.59. The van der Waals surface area contributed by atoms with Crippen LogP contribution in [0.4, 0.5) is 0 Å². The van der Waals surface area contributed by atoms with Crippen LogP contribution >= 0.6 is 34.8 Å². The molecule has 14 heteroatoms. The van der Waals surface area contributed by atoms with Crippen LogP contribution in [0, 0.1) is 5.41 Å². The van der Waals surface area contributed by atoms with Gasteiger partial charge < -0.3 is 28.4 Å². The lowest BCUT2D eigenvalue weighted by Crippen LogP contribution is -2.64. The molecule has 1 rings (SSSR count). The van der Waals surface area contributed by atoms with Gasteiger partial charge in [0, 0.05) is 20.8 Å². The molecule has 1 aliphatic rings. The highest BCUT2D eigenvalue weighted by molar-refractivity contribution is 6.76. The molecule has 29 heavy (non-hydrogen) atoms. The van der Waals surface area contributed by atoms with Crippen molar-refractivity contribution >= 4 is 64.6 Å². The van der Waals surface area contributed by atoms with Crippen LogP contribution in [0.2, 0.25) is 0 Å². The Bertz CT molecular complexity index is 680. The second-order valence-corrected chi connectivity index (χ2v) is 7.90. The Hall–Kier alpha value is -1.82. The van der Waals surface area contributed by atoms with E-state index in [9.17, 15) is 19.2 Å². The number of rotatable bonds is 5. The highest BCUT2D eigenvalue weighted by Gasteiger charge is 2.56. The van der Waals surface area contributed by atoms with E-state index < -0.39 is 64.3 Å². The summed E-state index contributed by atoms with van der Waals surface area (Å²) in [6.45, 7) is 3.08. The van der Waals surface area contributed by atoms with Gasteiger partial charge in [-0.2, -0.15) is 0 Å². The first-order valence-electron chi connectivity index (χ1n) is 7.85. The number of carbonyl (C=O) groups excluding carboxylic acids is 4. The average molecular weight is 479 g/mol. The van der Waals surface area contributed by atoms with Crippen molar-refractivity contribution in [1.82, 2.24) is 0 Å². The molecule has 1 N–H and O–H groups in total. The van der Waals surface area contributed by atoms with Crippen molar-refractivity contribution in [3.63, 3.8) is 0 Å². The predicted molar refractivity (Wildman–Crippen MR) is 96.4 cm³/mol. The minimum atomic E-state index is -2.32. The van der Waals surface area contributed by atoms with Gasteiger partial charge in [0.2, 0.25) is 18.3 Å². The van der Waals surface area contributed by atoms with Crippen LogP contribution in [0.15, 0.2) is 0 Å². The molecule has 0 aromatic rings. The maximum Gasteiger partial charge on any atom is 0.339 e. The van der Waals surface area contributed by atoms with E-state index in [0.29, 0.717) is 0 Å². The van der Waals surface area contributed by atoms with Crippen molar-refractivity contribution in [1.29, 1.82) is 5.41 Å². The molecule has 0 amide bonds. The summed E-state index contributed by atoms with van der Waals surface area (Å²) < 4.78 is 28.0. The molecule has 0 aliphatic carbocycles. The normalized spacial score (nSPS) is 26.7. The van der Waals surface area contributed by atoms with Crippen molar-refractivity contribution in [2.75, 3.05) is 7.11 Å². The zero-order valence-electron chi connectivity index (χ0n) is 15.6. The van der Waals surface area contributed by atoms with Crippen LogP contribution in [0.3, 0.4) is 0 Å². The summed E-state index contributed by atoms with van der Waals surface area (Å²) in [7, 11) is 1.02. The summed E-state index contributed by atoms with van der Waals surface area (Å²) in [5, 5.41) is 7.69. The van der Waals surface area contributed by atoms with Crippen molar-refractivity contribution in [3.05, 3.63) is 0 Å². The van der Waals surface area contributed by atoms with Gasteiger partial charge in [-0.1, -0.05) is 34.8 Å². The van der Waals surface area contributed by atoms with Crippen molar-refractivity contribution < 1.29 is 47.6 Å². The van der Waals surface area contributed by atoms with Gasteiger partial charge in [-0.15, -0.1) is 0 Å². The van der Waals surface area contributed by atoms with Crippen LogP contribution in [0.5, 0.6) is 0 Å². The van der Waals surface area contributed by atoms with E-state index in [1.54, 1.807) is 0 Å². The van der Waals surface area contributed by atoms with E-state index >= 15 is 0 Å². The van der Waals surface area contributed by atoms with E-state index in [1.807, 2.05) is 0 Å². The number of nitrogens with one attached hydrogen (secondary N) is 1. The number of hydrogen-bond acceptors (Lipinski definition) is 11. The fourth-order valence-electron chi connectivity index (χ4n) is 2.36. The first-order valence-corrected chi connectivity index (χ1v) is 8.98. The van der Waals surface area contributed by atoms with Crippen molar-refractivity contribution in [2.45, 2.75) is 55.3 Å². The molecule has 0 unspecified atom stereocenters. The third kappa shape index (κ3) is 7.18. The predicted octanol–water partition coefficient (Wildman–Crippen LogP) is 1.04. The third-order valence-electron chi connectivity index (χ3n) is 3.33. The Labute approximate surface area is 180 Å². The lowest BCUT2D eigenvalue weighted by molar-refractivity contribution is -0.285. The largest absolute Gasteiger partial charge is 0.467 e. The summed E-state index contributed by atoms with van der Waals surface area (Å²) in [6.07, 6.45) is -8.20. The van der Waals surface area contributed by atoms with E-state index in [-0.39, 0.29) is 0 Å². The van der Waals surface area contributed by atoms with E-state index in [0.717, 1.165) is 27.9 Å². The van der Waals surface area contributed by atoms with Crippen molar-refractivity contribution in [3.8, 4) is 0 Å². The molecule has 164 valence electrons. The van der Waals surface area contributed by atoms with Crippen LogP contribution in [0.1, 0.15) is 20.8 Å². The molecule has 0 saturated carbocycles. The summed E-state index contributed by atoms with van der Waals surface area (Å²) in [4.78, 5) is 46.9. The number of halogens is 3. The Morgan fingerprint density at radius 3 is 1.69 bits per heavy atom. The standard InChI is InChI=1S/C15H18Cl3NO10/c1-5(20)25-8-9(26-6(2)21)11(27-7(3)22)13(28-10(8)12(23)24-4)29-14(19)15(16,17)18/h8-11,13,19H,1-4H3/t8-,9-,10-,11+,13-/m1/s1. The quantitative estimate of drug-likeness (QED) is 0.200. The van der Waals surface area contributed by atoms with E-state index in [2.05, 4.69) is 4.74 Å². The zero-order valence-corrected chi connectivity index (χ0v) is 17.9. The lowest BCUT2D eigenvalue weighted by Gasteiger charge is -2.43. The highest BCUT2D eigenvalue weighted by Crippen LogP contribution is 2.33. The molecule has 1 saturated heterocycles. The fraction of sp³-hybridized carbons (Fsp3) is 0.667. The average Bonchev–Trinajstić information content (AvgIpc) is 2.56. The summed E-state index contributed by atoms with van der Waals surface area (Å²) >= 11 is 16.7. The molecule has 0 radical (unpaired) electrons. The molecule has 0 aromatic carbocycles. The molecule has 0 aromatic heterocycles. The molecule has 0 bridgehead atoms. The Balaban J connectivity index is 3.44. The summed E-state index contributed by atoms with van der Waals surface area (Å²) in [5.41, 5.74) is 0. The number of hydrogen-bond donors (Lipinski definition) is 1. The highest BCUT2D eigenvalue weighted by atomic mass is 35.6. The van der Waals surface area contributed by atoms with Crippen LogP contribution in [-0.2, 0) is 47.6 Å². The summed E-state index contributed by atoms with van der Waals surface area (Å²) in [6, 6.07) is 0. The van der Waals surface area contributed by atoms with Crippen LogP contribution in [0.25, 0.3) is 0 Å². The maximum absolute atomic E-state index is 12.2. The SMILES string of the molecule is COC(=O)[C@@H]1O[C@H](OC(=N)C(Cl)(Cl)Cl)[C@@H](OC(C)=O)[C@H](OC(C)=O)[C@H]1OC(C)=O. The smallest absolute Gasteiger partial charge is 0.339 e. The van der Waals surface area contributed by atoms with Crippen LogP contribution in [-0.4, -0.2) is 71.4 Å². The van der Waals surface area contributed by atoms with Gasteiger partial charge in [-0.05, 0) is 0 Å². The van der Waals surface area contributed by atoms with Gasteiger partial charge in [0.1, 0.15) is 0 Å². The number of methoxy groups -OCH3 is 1. The molecule has 1 fully saturated rings. The first-order chi connectivity index (χ1) is 13.3. The molecule has 11 nitrogen and oxygen atoms in total. The number of ether oxygens (including phenoxy) is 6. The first kappa shape index (κ1) is 25.2.